The van der Waals surface area contributed by atoms with Gasteiger partial charge in [0.05, 0.1) is 19.2 Å². The van der Waals surface area contributed by atoms with E-state index in [1.807, 2.05) is 30.3 Å². The second kappa shape index (κ2) is 11.1. The van der Waals surface area contributed by atoms with Gasteiger partial charge in [0, 0.05) is 12.6 Å². The van der Waals surface area contributed by atoms with E-state index in [-0.39, 0.29) is 5.91 Å². The third-order valence-electron chi connectivity index (χ3n) is 4.09. The summed E-state index contributed by atoms with van der Waals surface area (Å²) in [5.74, 6) is -0.132. The van der Waals surface area contributed by atoms with E-state index in [1.165, 1.54) is 33.3 Å². The van der Waals surface area contributed by atoms with E-state index in [4.69, 9.17) is 25.8 Å². The van der Waals surface area contributed by atoms with Crippen LogP contribution in [0.2, 0.25) is 5.02 Å². The first-order chi connectivity index (χ1) is 13.9. The maximum atomic E-state index is 12.1. The van der Waals surface area contributed by atoms with Crippen LogP contribution in [0.4, 0.5) is 0 Å². The molecule has 6 nitrogen and oxygen atoms in total. The molecule has 1 N–H and O–H groups in total. The molecule has 1 unspecified atom stereocenters. The van der Waals surface area contributed by atoms with Crippen LogP contribution >= 0.6 is 11.6 Å². The topological polar surface area (TPSA) is 73.9 Å². The normalized spacial score (nSPS) is 11.7. The van der Waals surface area contributed by atoms with Gasteiger partial charge in [0.25, 0.3) is 5.91 Å². The van der Waals surface area contributed by atoms with Crippen molar-refractivity contribution in [3.63, 3.8) is 0 Å². The number of methoxy groups -OCH3 is 2. The zero-order chi connectivity index (χ0) is 21.2. The molecule has 2 aromatic rings. The summed E-state index contributed by atoms with van der Waals surface area (Å²) in [6.07, 6.45) is 2.55. The molecule has 154 valence electrons. The summed E-state index contributed by atoms with van der Waals surface area (Å²) in [5.41, 5.74) is 1.75. The lowest BCUT2D eigenvalue weighted by Crippen LogP contribution is -2.36. The van der Waals surface area contributed by atoms with Crippen LogP contribution < -0.4 is 14.8 Å². The summed E-state index contributed by atoms with van der Waals surface area (Å²) in [7, 11) is 2.98. The Balaban J connectivity index is 1.86. The van der Waals surface area contributed by atoms with Gasteiger partial charge in [-0.3, -0.25) is 4.79 Å². The SMILES string of the molecule is COc1cc(/C=C/C(=O)OC(C)C(=O)NCCc2ccccc2)cc(Cl)c1OC. The Labute approximate surface area is 175 Å². The number of amides is 1. The molecule has 0 saturated carbocycles. The van der Waals surface area contributed by atoms with Crippen LogP contribution in [0.5, 0.6) is 11.5 Å². The van der Waals surface area contributed by atoms with Crippen molar-refractivity contribution in [3.05, 3.63) is 64.7 Å². The highest BCUT2D eigenvalue weighted by Gasteiger charge is 2.16. The Morgan fingerprint density at radius 2 is 1.86 bits per heavy atom. The largest absolute Gasteiger partial charge is 0.493 e. The molecule has 7 heteroatoms. The third kappa shape index (κ3) is 6.84. The summed E-state index contributed by atoms with van der Waals surface area (Å²) in [5, 5.41) is 3.11. The lowest BCUT2D eigenvalue weighted by molar-refractivity contribution is -0.150. The second-order valence-corrected chi connectivity index (χ2v) is 6.58. The van der Waals surface area contributed by atoms with Crippen LogP contribution in [-0.2, 0) is 20.7 Å². The minimum absolute atomic E-state index is 0.350. The van der Waals surface area contributed by atoms with Crippen molar-refractivity contribution in [2.45, 2.75) is 19.4 Å². The predicted molar refractivity (Wildman–Crippen MR) is 112 cm³/mol. The van der Waals surface area contributed by atoms with Crippen molar-refractivity contribution >= 4 is 29.6 Å². The van der Waals surface area contributed by atoms with Crippen LogP contribution in [0.15, 0.2) is 48.5 Å². The number of esters is 1. The highest BCUT2D eigenvalue weighted by molar-refractivity contribution is 6.32. The molecule has 0 aliphatic carbocycles. The van der Waals surface area contributed by atoms with Gasteiger partial charge in [-0.2, -0.15) is 0 Å². The summed E-state index contributed by atoms with van der Waals surface area (Å²) < 4.78 is 15.5. The van der Waals surface area contributed by atoms with Gasteiger partial charge in [0.15, 0.2) is 17.6 Å². The molecular formula is C22H24ClNO5. The number of hydrogen-bond acceptors (Lipinski definition) is 5. The molecule has 0 heterocycles. The summed E-state index contributed by atoms with van der Waals surface area (Å²) in [6, 6.07) is 13.1. The fourth-order valence-corrected chi connectivity index (χ4v) is 2.88. The molecule has 0 saturated heterocycles. The summed E-state index contributed by atoms with van der Waals surface area (Å²) in [4.78, 5) is 24.1. The number of hydrogen-bond donors (Lipinski definition) is 1. The zero-order valence-electron chi connectivity index (χ0n) is 16.6. The van der Waals surface area contributed by atoms with Crippen LogP contribution in [0, 0.1) is 0 Å². The van der Waals surface area contributed by atoms with E-state index in [1.54, 1.807) is 12.1 Å². The number of benzene rings is 2. The standard InChI is InChI=1S/C22H24ClNO5/c1-15(22(26)24-12-11-16-7-5-4-6-8-16)29-20(25)10-9-17-13-18(23)21(28-3)19(14-17)27-2/h4-10,13-15H,11-12H2,1-3H3,(H,24,26)/b10-9+. The lowest BCUT2D eigenvalue weighted by atomic mass is 10.1. The number of rotatable bonds is 9. The number of halogens is 1. The van der Waals surface area contributed by atoms with Gasteiger partial charge in [-0.15, -0.1) is 0 Å². The van der Waals surface area contributed by atoms with Gasteiger partial charge < -0.3 is 19.5 Å². The molecule has 0 aliphatic heterocycles. The highest BCUT2D eigenvalue weighted by Crippen LogP contribution is 2.36. The number of ether oxygens (including phenoxy) is 3. The smallest absolute Gasteiger partial charge is 0.331 e. The monoisotopic (exact) mass is 417 g/mol. The Kier molecular flexibility index (Phi) is 8.55. The number of nitrogens with one attached hydrogen (secondary N) is 1. The first-order valence-corrected chi connectivity index (χ1v) is 9.44. The minimum atomic E-state index is -0.906. The molecule has 0 fully saturated rings. The van der Waals surface area contributed by atoms with Gasteiger partial charge in [-0.1, -0.05) is 41.9 Å². The average molecular weight is 418 g/mol. The molecule has 2 rings (SSSR count). The zero-order valence-corrected chi connectivity index (χ0v) is 17.4. The van der Waals surface area contributed by atoms with E-state index in [2.05, 4.69) is 5.32 Å². The van der Waals surface area contributed by atoms with E-state index < -0.39 is 12.1 Å². The van der Waals surface area contributed by atoms with E-state index in [0.29, 0.717) is 35.1 Å². The maximum Gasteiger partial charge on any atom is 0.331 e. The highest BCUT2D eigenvalue weighted by atomic mass is 35.5. The first kappa shape index (κ1) is 22.3. The van der Waals surface area contributed by atoms with Crippen molar-refractivity contribution in [3.8, 4) is 11.5 Å². The summed E-state index contributed by atoms with van der Waals surface area (Å²) >= 11 is 6.14. The molecule has 0 aliphatic rings. The van der Waals surface area contributed by atoms with Gasteiger partial charge in [0.1, 0.15) is 0 Å². The molecule has 29 heavy (non-hydrogen) atoms. The molecule has 0 spiro atoms. The maximum absolute atomic E-state index is 12.1. The third-order valence-corrected chi connectivity index (χ3v) is 4.37. The summed E-state index contributed by atoms with van der Waals surface area (Å²) in [6.45, 7) is 1.99. The van der Waals surface area contributed by atoms with Crippen LogP contribution in [-0.4, -0.2) is 38.7 Å². The fraction of sp³-hybridized carbons (Fsp3) is 0.273. The van der Waals surface area contributed by atoms with Crippen LogP contribution in [0.1, 0.15) is 18.1 Å². The fourth-order valence-electron chi connectivity index (χ4n) is 2.58. The Bertz CT molecular complexity index is 867. The Morgan fingerprint density at radius 3 is 2.52 bits per heavy atom. The molecular weight excluding hydrogens is 394 g/mol. The minimum Gasteiger partial charge on any atom is -0.493 e. The van der Waals surface area contributed by atoms with Gasteiger partial charge in [0.2, 0.25) is 0 Å². The quantitative estimate of drug-likeness (QED) is 0.498. The van der Waals surface area contributed by atoms with E-state index in [0.717, 1.165) is 5.56 Å². The van der Waals surface area contributed by atoms with Crippen LogP contribution in [0.25, 0.3) is 6.08 Å². The molecule has 0 radical (unpaired) electrons. The van der Waals surface area contributed by atoms with Gasteiger partial charge >= 0.3 is 5.97 Å². The van der Waals surface area contributed by atoms with E-state index in [9.17, 15) is 9.59 Å². The molecule has 1 atom stereocenters. The number of carbonyl (C=O) groups is 2. The average Bonchev–Trinajstić information content (AvgIpc) is 2.72. The van der Waals surface area contributed by atoms with Crippen molar-refractivity contribution in [2.75, 3.05) is 20.8 Å². The van der Waals surface area contributed by atoms with E-state index >= 15 is 0 Å². The predicted octanol–water partition coefficient (Wildman–Crippen LogP) is 3.66. The molecule has 1 amide bonds. The van der Waals surface area contributed by atoms with Gasteiger partial charge in [-0.25, -0.2) is 4.79 Å². The molecule has 0 aromatic heterocycles. The van der Waals surface area contributed by atoms with Crippen LogP contribution in [0.3, 0.4) is 0 Å². The van der Waals surface area contributed by atoms with Crippen molar-refractivity contribution in [2.24, 2.45) is 0 Å². The Hall–Kier alpha value is -2.99. The van der Waals surface area contributed by atoms with Crippen molar-refractivity contribution < 1.29 is 23.8 Å². The first-order valence-electron chi connectivity index (χ1n) is 9.06. The number of carbonyl (C=O) groups excluding carboxylic acids is 2. The van der Waals surface area contributed by atoms with Crippen molar-refractivity contribution in [1.82, 2.24) is 5.32 Å². The molecule has 2 aromatic carbocycles. The van der Waals surface area contributed by atoms with Crippen molar-refractivity contribution in [1.29, 1.82) is 0 Å². The van der Waals surface area contributed by atoms with Gasteiger partial charge in [-0.05, 0) is 42.7 Å². The second-order valence-electron chi connectivity index (χ2n) is 6.18. The lowest BCUT2D eigenvalue weighted by Gasteiger charge is -2.12. The Morgan fingerprint density at radius 1 is 1.14 bits per heavy atom. The molecule has 0 bridgehead atoms.